The highest BCUT2D eigenvalue weighted by Gasteiger charge is 2.39. The normalized spacial score (nSPS) is 12.7. The minimum Gasteiger partial charge on any atom is -0.467 e. The number of hydrogen-bond donors (Lipinski definition) is 2. The SMILES string of the molecule is CCC(CC)(C(=O)NC(C)C(=O)OC)C(N)=S. The van der Waals surface area contributed by atoms with Crippen LogP contribution >= 0.6 is 12.2 Å². The lowest BCUT2D eigenvalue weighted by Crippen LogP contribution is -2.52. The number of nitrogens with one attached hydrogen (secondary N) is 1. The van der Waals surface area contributed by atoms with Crippen molar-refractivity contribution in [2.45, 2.75) is 39.7 Å². The monoisotopic (exact) mass is 260 g/mol. The molecule has 0 aliphatic heterocycles. The Hall–Kier alpha value is -1.17. The first-order valence-corrected chi connectivity index (χ1v) is 5.95. The van der Waals surface area contributed by atoms with Gasteiger partial charge in [-0.3, -0.25) is 4.79 Å². The first-order chi connectivity index (χ1) is 7.85. The van der Waals surface area contributed by atoms with Gasteiger partial charge in [0.2, 0.25) is 5.91 Å². The number of carbonyl (C=O) groups is 2. The number of nitrogens with two attached hydrogens (primary N) is 1. The van der Waals surface area contributed by atoms with E-state index in [-0.39, 0.29) is 10.9 Å². The Morgan fingerprint density at radius 2 is 1.88 bits per heavy atom. The van der Waals surface area contributed by atoms with Crippen molar-refractivity contribution in [1.29, 1.82) is 0 Å². The molecule has 5 nitrogen and oxygen atoms in total. The molecule has 0 saturated carbocycles. The van der Waals surface area contributed by atoms with E-state index in [1.165, 1.54) is 7.11 Å². The Kier molecular flexibility index (Phi) is 6.09. The predicted molar refractivity (Wildman–Crippen MR) is 69.4 cm³/mol. The summed E-state index contributed by atoms with van der Waals surface area (Å²) in [5, 5.41) is 2.57. The average molecular weight is 260 g/mol. The maximum absolute atomic E-state index is 12.1. The van der Waals surface area contributed by atoms with E-state index in [0.717, 1.165) is 0 Å². The zero-order chi connectivity index (χ0) is 13.6. The van der Waals surface area contributed by atoms with Crippen molar-refractivity contribution in [2.24, 2.45) is 11.1 Å². The van der Waals surface area contributed by atoms with Gasteiger partial charge in [0.1, 0.15) is 6.04 Å². The van der Waals surface area contributed by atoms with Crippen LogP contribution in [0, 0.1) is 5.41 Å². The van der Waals surface area contributed by atoms with Crippen molar-refractivity contribution in [1.82, 2.24) is 5.32 Å². The lowest BCUT2D eigenvalue weighted by Gasteiger charge is -2.30. The van der Waals surface area contributed by atoms with Gasteiger partial charge in [-0.25, -0.2) is 4.79 Å². The van der Waals surface area contributed by atoms with Crippen molar-refractivity contribution in [2.75, 3.05) is 7.11 Å². The average Bonchev–Trinajstić information content (AvgIpc) is 2.29. The molecule has 3 N–H and O–H groups in total. The number of thiocarbonyl (C=S) groups is 1. The molecule has 0 bridgehead atoms. The maximum atomic E-state index is 12.1. The summed E-state index contributed by atoms with van der Waals surface area (Å²) in [5.74, 6) is -0.824. The van der Waals surface area contributed by atoms with E-state index in [4.69, 9.17) is 18.0 Å². The van der Waals surface area contributed by atoms with E-state index in [9.17, 15) is 9.59 Å². The number of rotatable bonds is 6. The van der Waals surface area contributed by atoms with Crippen molar-refractivity contribution in [3.8, 4) is 0 Å². The van der Waals surface area contributed by atoms with Gasteiger partial charge in [0, 0.05) is 0 Å². The third-order valence-electron chi connectivity index (χ3n) is 3.02. The maximum Gasteiger partial charge on any atom is 0.328 e. The van der Waals surface area contributed by atoms with Crippen LogP contribution in [0.5, 0.6) is 0 Å². The molecular weight excluding hydrogens is 240 g/mol. The van der Waals surface area contributed by atoms with Gasteiger partial charge in [0.05, 0.1) is 17.5 Å². The number of hydrogen-bond acceptors (Lipinski definition) is 4. The molecule has 0 spiro atoms. The summed E-state index contributed by atoms with van der Waals surface area (Å²) in [5.41, 5.74) is 4.74. The molecule has 0 fully saturated rings. The Bertz CT molecular complexity index is 314. The van der Waals surface area contributed by atoms with Gasteiger partial charge in [-0.15, -0.1) is 0 Å². The molecule has 0 rings (SSSR count). The molecule has 0 radical (unpaired) electrons. The van der Waals surface area contributed by atoms with Gasteiger partial charge in [-0.05, 0) is 19.8 Å². The van der Waals surface area contributed by atoms with Crippen LogP contribution in [0.1, 0.15) is 33.6 Å². The number of amides is 1. The van der Waals surface area contributed by atoms with Gasteiger partial charge >= 0.3 is 5.97 Å². The Balaban J connectivity index is 4.88. The minimum absolute atomic E-state index is 0.150. The van der Waals surface area contributed by atoms with Crippen LogP contribution in [-0.2, 0) is 14.3 Å². The topological polar surface area (TPSA) is 81.4 Å². The molecule has 0 aromatic rings. The highest BCUT2D eigenvalue weighted by molar-refractivity contribution is 7.80. The summed E-state index contributed by atoms with van der Waals surface area (Å²) < 4.78 is 4.54. The quantitative estimate of drug-likeness (QED) is 0.544. The number of carbonyl (C=O) groups excluding carboxylic acids is 2. The molecular formula is C11H20N2O3S. The second-order valence-electron chi connectivity index (χ2n) is 3.87. The highest BCUT2D eigenvalue weighted by Crippen LogP contribution is 2.27. The van der Waals surface area contributed by atoms with E-state index < -0.39 is 17.4 Å². The minimum atomic E-state index is -0.891. The van der Waals surface area contributed by atoms with Gasteiger partial charge in [-0.1, -0.05) is 26.1 Å². The van der Waals surface area contributed by atoms with Crippen molar-refractivity contribution >= 4 is 29.1 Å². The summed E-state index contributed by atoms with van der Waals surface area (Å²) in [6, 6.07) is -0.709. The van der Waals surface area contributed by atoms with Crippen molar-refractivity contribution in [3.05, 3.63) is 0 Å². The van der Waals surface area contributed by atoms with Crippen LogP contribution in [0.4, 0.5) is 0 Å². The van der Waals surface area contributed by atoms with E-state index >= 15 is 0 Å². The number of ether oxygens (including phenoxy) is 1. The smallest absolute Gasteiger partial charge is 0.328 e. The molecule has 1 unspecified atom stereocenters. The standard InChI is InChI=1S/C11H20N2O3S/c1-5-11(6-2,9(12)17)10(15)13-7(3)8(14)16-4/h7H,5-6H2,1-4H3,(H2,12,17)(H,13,15). The molecule has 6 heteroatoms. The highest BCUT2D eigenvalue weighted by atomic mass is 32.1. The van der Waals surface area contributed by atoms with Crippen LogP contribution in [0.25, 0.3) is 0 Å². The molecule has 0 heterocycles. The summed E-state index contributed by atoms with van der Waals surface area (Å²) in [6.07, 6.45) is 0.997. The Labute approximate surface area is 107 Å². The van der Waals surface area contributed by atoms with E-state index in [0.29, 0.717) is 12.8 Å². The van der Waals surface area contributed by atoms with Gasteiger partial charge < -0.3 is 15.8 Å². The second kappa shape index (κ2) is 6.54. The molecule has 1 atom stereocenters. The summed E-state index contributed by atoms with van der Waals surface area (Å²) >= 11 is 4.95. The third-order valence-corrected chi connectivity index (χ3v) is 3.41. The lowest BCUT2D eigenvalue weighted by molar-refractivity contribution is -0.145. The Morgan fingerprint density at radius 1 is 1.41 bits per heavy atom. The number of esters is 1. The predicted octanol–water partition coefficient (Wildman–Crippen LogP) is 0.757. The largest absolute Gasteiger partial charge is 0.467 e. The summed E-state index contributed by atoms with van der Waals surface area (Å²) in [4.78, 5) is 23.5. The number of methoxy groups -OCH3 is 1. The van der Waals surface area contributed by atoms with E-state index in [1.807, 2.05) is 13.8 Å². The van der Waals surface area contributed by atoms with Crippen molar-refractivity contribution in [3.63, 3.8) is 0 Å². The first kappa shape index (κ1) is 15.8. The Morgan fingerprint density at radius 3 is 2.18 bits per heavy atom. The molecule has 17 heavy (non-hydrogen) atoms. The van der Waals surface area contributed by atoms with E-state index in [2.05, 4.69) is 10.1 Å². The van der Waals surface area contributed by atoms with Crippen LogP contribution < -0.4 is 11.1 Å². The zero-order valence-electron chi connectivity index (χ0n) is 10.7. The molecule has 1 amide bonds. The van der Waals surface area contributed by atoms with Crippen LogP contribution in [0.3, 0.4) is 0 Å². The molecule has 0 aromatic heterocycles. The summed E-state index contributed by atoms with van der Waals surface area (Å²) in [6.45, 7) is 5.23. The molecule has 0 aromatic carbocycles. The van der Waals surface area contributed by atoms with Crippen LogP contribution in [0.15, 0.2) is 0 Å². The van der Waals surface area contributed by atoms with Crippen LogP contribution in [0.2, 0.25) is 0 Å². The fourth-order valence-corrected chi connectivity index (χ4v) is 1.98. The van der Waals surface area contributed by atoms with Crippen LogP contribution in [-0.4, -0.2) is 30.0 Å². The van der Waals surface area contributed by atoms with Gasteiger partial charge in [-0.2, -0.15) is 0 Å². The summed E-state index contributed by atoms with van der Waals surface area (Å²) in [7, 11) is 1.27. The van der Waals surface area contributed by atoms with Gasteiger partial charge in [0.25, 0.3) is 0 Å². The second-order valence-corrected chi connectivity index (χ2v) is 4.31. The molecule has 0 aliphatic carbocycles. The molecule has 0 aliphatic rings. The molecule has 0 saturated heterocycles. The first-order valence-electron chi connectivity index (χ1n) is 5.54. The lowest BCUT2D eigenvalue weighted by atomic mass is 9.81. The van der Waals surface area contributed by atoms with Crippen molar-refractivity contribution < 1.29 is 14.3 Å². The van der Waals surface area contributed by atoms with Gasteiger partial charge in [0.15, 0.2) is 0 Å². The fourth-order valence-electron chi connectivity index (χ4n) is 1.60. The zero-order valence-corrected chi connectivity index (χ0v) is 11.5. The fraction of sp³-hybridized carbons (Fsp3) is 0.727. The third kappa shape index (κ3) is 3.39. The van der Waals surface area contributed by atoms with E-state index in [1.54, 1.807) is 6.92 Å². The molecule has 98 valence electrons.